The molecule has 6 rings (SSSR count). The summed E-state index contributed by atoms with van der Waals surface area (Å²) in [4.78, 5) is 13.3. The summed E-state index contributed by atoms with van der Waals surface area (Å²) in [6, 6.07) is 16.9. The molecule has 192 valence electrons. The Hall–Kier alpha value is -3.41. The lowest BCUT2D eigenvalue weighted by atomic mass is 9.91. The van der Waals surface area contributed by atoms with Crippen molar-refractivity contribution in [1.29, 1.82) is 0 Å². The Balaban J connectivity index is 0.000000655. The molecule has 2 aromatic heterocycles. The van der Waals surface area contributed by atoms with E-state index in [1.54, 1.807) is 21.1 Å². The fourth-order valence-corrected chi connectivity index (χ4v) is 6.18. The van der Waals surface area contributed by atoms with Gasteiger partial charge in [0, 0.05) is 53.4 Å². The van der Waals surface area contributed by atoms with Crippen LogP contribution in [0.2, 0.25) is 0 Å². The van der Waals surface area contributed by atoms with Crippen LogP contribution < -0.4 is 0 Å². The number of aryl methyl sites for hydroxylation is 2. The number of carbonyl (C=O) groups is 1. The molecule has 1 aliphatic heterocycles. The highest BCUT2D eigenvalue weighted by Crippen LogP contribution is 2.46. The van der Waals surface area contributed by atoms with Gasteiger partial charge in [0.1, 0.15) is 6.10 Å². The van der Waals surface area contributed by atoms with Crippen LogP contribution in [-0.4, -0.2) is 35.2 Å². The molecule has 0 saturated heterocycles. The summed E-state index contributed by atoms with van der Waals surface area (Å²) in [5.41, 5.74) is 6.51. The number of rotatable bonds is 5. The SMILES string of the molecule is C=CCC.CCc1c(C(C)=O)c2c3ccccc3n3c2c2c1c1ccccc1n2CCC(OC)C3OC. The first kappa shape index (κ1) is 25.2. The average Bonchev–Trinajstić information content (AvgIpc) is 3.42. The largest absolute Gasteiger partial charge is 0.377 e. The number of carbonyl (C=O) groups excluding carboxylic acids is 1. The highest BCUT2D eigenvalue weighted by Gasteiger charge is 2.34. The summed E-state index contributed by atoms with van der Waals surface area (Å²) in [5, 5.41) is 4.52. The Morgan fingerprint density at radius 2 is 1.59 bits per heavy atom. The molecule has 0 saturated carbocycles. The number of para-hydroxylation sites is 2. The van der Waals surface area contributed by atoms with Gasteiger partial charge in [-0.3, -0.25) is 4.79 Å². The smallest absolute Gasteiger partial charge is 0.160 e. The van der Waals surface area contributed by atoms with Crippen LogP contribution in [0.5, 0.6) is 0 Å². The minimum atomic E-state index is -0.292. The third-order valence-electron chi connectivity index (χ3n) is 7.71. The van der Waals surface area contributed by atoms with Crippen LogP contribution in [0, 0.1) is 0 Å². The quantitative estimate of drug-likeness (QED) is 0.184. The fourth-order valence-electron chi connectivity index (χ4n) is 6.18. The maximum atomic E-state index is 13.3. The molecule has 2 unspecified atom stereocenters. The summed E-state index contributed by atoms with van der Waals surface area (Å²) >= 11 is 0. The van der Waals surface area contributed by atoms with Crippen molar-refractivity contribution in [3.8, 4) is 0 Å². The van der Waals surface area contributed by atoms with Gasteiger partial charge in [-0.05, 0) is 43.9 Å². The van der Waals surface area contributed by atoms with Crippen molar-refractivity contribution in [2.45, 2.75) is 58.9 Å². The monoisotopic (exact) mass is 496 g/mol. The maximum Gasteiger partial charge on any atom is 0.160 e. The lowest BCUT2D eigenvalue weighted by molar-refractivity contribution is -0.0774. The summed E-state index contributed by atoms with van der Waals surface area (Å²) in [6.07, 6.45) is 4.17. The molecular weight excluding hydrogens is 460 g/mol. The van der Waals surface area contributed by atoms with Gasteiger partial charge in [-0.1, -0.05) is 56.3 Å². The number of allylic oxidation sites excluding steroid dienone is 1. The lowest BCUT2D eigenvalue weighted by Gasteiger charge is -2.30. The molecule has 5 heteroatoms. The predicted molar refractivity (Wildman–Crippen MR) is 154 cm³/mol. The predicted octanol–water partition coefficient (Wildman–Crippen LogP) is 7.81. The van der Waals surface area contributed by atoms with E-state index >= 15 is 0 Å². The molecule has 0 spiro atoms. The van der Waals surface area contributed by atoms with E-state index in [4.69, 9.17) is 9.47 Å². The molecule has 0 N–H and O–H groups in total. The first-order valence-corrected chi connectivity index (χ1v) is 13.2. The van der Waals surface area contributed by atoms with E-state index in [0.717, 1.165) is 58.7 Å². The number of Topliss-reactive ketones (excluding diaryl/α,β-unsaturated/α-hetero) is 1. The fraction of sp³-hybridized carbons (Fsp3) is 0.344. The van der Waals surface area contributed by atoms with Gasteiger partial charge in [0.2, 0.25) is 0 Å². The van der Waals surface area contributed by atoms with Gasteiger partial charge in [-0.25, -0.2) is 0 Å². The first-order chi connectivity index (χ1) is 18.0. The van der Waals surface area contributed by atoms with Crippen LogP contribution in [0.25, 0.3) is 43.6 Å². The molecule has 3 heterocycles. The van der Waals surface area contributed by atoms with E-state index in [1.165, 1.54) is 21.8 Å². The van der Waals surface area contributed by atoms with E-state index in [2.05, 4.69) is 78.1 Å². The van der Waals surface area contributed by atoms with Gasteiger partial charge in [0.25, 0.3) is 0 Å². The molecule has 5 aromatic rings. The minimum absolute atomic E-state index is 0.104. The van der Waals surface area contributed by atoms with Crippen molar-refractivity contribution in [3.05, 3.63) is 72.3 Å². The van der Waals surface area contributed by atoms with Crippen LogP contribution in [0.4, 0.5) is 0 Å². The number of nitrogens with zero attached hydrogens (tertiary/aromatic N) is 2. The molecule has 3 aromatic carbocycles. The van der Waals surface area contributed by atoms with Crippen molar-refractivity contribution in [2.24, 2.45) is 0 Å². The van der Waals surface area contributed by atoms with Crippen molar-refractivity contribution < 1.29 is 14.3 Å². The van der Waals surface area contributed by atoms with E-state index < -0.39 is 0 Å². The number of hydrogen-bond acceptors (Lipinski definition) is 3. The Kier molecular flexibility index (Phi) is 6.93. The second-order valence-electron chi connectivity index (χ2n) is 9.65. The van der Waals surface area contributed by atoms with Crippen LogP contribution in [0.15, 0.2) is 61.2 Å². The molecule has 0 aliphatic carbocycles. The topological polar surface area (TPSA) is 45.4 Å². The highest BCUT2D eigenvalue weighted by atomic mass is 16.5. The number of benzene rings is 3. The third-order valence-corrected chi connectivity index (χ3v) is 7.71. The molecule has 0 amide bonds. The van der Waals surface area contributed by atoms with Crippen LogP contribution in [0.3, 0.4) is 0 Å². The van der Waals surface area contributed by atoms with Gasteiger partial charge >= 0.3 is 0 Å². The van der Waals surface area contributed by atoms with Crippen molar-refractivity contribution in [1.82, 2.24) is 9.13 Å². The standard InChI is InChI=1S/C28H28N2O3.C4H8/c1-5-17-23(16(2)31)25-19-11-7-9-13-21(19)30-27(25)26-24(17)18-10-6-8-12-20(18)29(26)15-14-22(32-3)28(30)33-4;1-3-4-2/h6-13,22,28H,5,14-15H2,1-4H3;3H,1,4H2,2H3. The average molecular weight is 497 g/mol. The van der Waals surface area contributed by atoms with Crippen molar-refractivity contribution in [3.63, 3.8) is 0 Å². The summed E-state index contributed by atoms with van der Waals surface area (Å²) < 4.78 is 16.8. The van der Waals surface area contributed by atoms with Gasteiger partial charge < -0.3 is 18.6 Å². The molecule has 0 fully saturated rings. The minimum Gasteiger partial charge on any atom is -0.377 e. The maximum absolute atomic E-state index is 13.3. The van der Waals surface area contributed by atoms with Crippen molar-refractivity contribution >= 4 is 49.4 Å². The Bertz CT molecular complexity index is 1640. The Morgan fingerprint density at radius 3 is 2.16 bits per heavy atom. The molecule has 37 heavy (non-hydrogen) atoms. The van der Waals surface area contributed by atoms with E-state index in [-0.39, 0.29) is 18.1 Å². The third kappa shape index (κ3) is 3.72. The Labute approximate surface area is 218 Å². The van der Waals surface area contributed by atoms with E-state index in [0.29, 0.717) is 0 Å². The first-order valence-electron chi connectivity index (χ1n) is 13.2. The van der Waals surface area contributed by atoms with Crippen LogP contribution >= 0.6 is 0 Å². The summed E-state index contributed by atoms with van der Waals surface area (Å²) in [5.74, 6) is 0.104. The lowest BCUT2D eigenvalue weighted by Crippen LogP contribution is -2.30. The molecular formula is C32H36N2O3. The Morgan fingerprint density at radius 1 is 0.973 bits per heavy atom. The van der Waals surface area contributed by atoms with Gasteiger partial charge in [0.15, 0.2) is 12.0 Å². The van der Waals surface area contributed by atoms with Crippen molar-refractivity contribution in [2.75, 3.05) is 14.2 Å². The van der Waals surface area contributed by atoms with E-state index in [9.17, 15) is 4.79 Å². The number of ether oxygens (including phenoxy) is 2. The van der Waals surface area contributed by atoms with Crippen LogP contribution in [-0.2, 0) is 22.4 Å². The van der Waals surface area contributed by atoms with Gasteiger partial charge in [-0.2, -0.15) is 0 Å². The van der Waals surface area contributed by atoms with Gasteiger partial charge in [0.05, 0.1) is 16.6 Å². The zero-order chi connectivity index (χ0) is 26.3. The number of ketones is 1. The molecule has 2 atom stereocenters. The number of methoxy groups -OCH3 is 2. The number of hydrogen-bond donors (Lipinski definition) is 0. The molecule has 5 nitrogen and oxygen atoms in total. The van der Waals surface area contributed by atoms with Gasteiger partial charge in [-0.15, -0.1) is 6.58 Å². The molecule has 0 radical (unpaired) electrons. The zero-order valence-corrected chi connectivity index (χ0v) is 22.5. The normalized spacial score (nSPS) is 17.2. The summed E-state index contributed by atoms with van der Waals surface area (Å²) in [6.45, 7) is 10.2. The highest BCUT2D eigenvalue weighted by molar-refractivity contribution is 6.30. The second kappa shape index (κ2) is 10.2. The second-order valence-corrected chi connectivity index (χ2v) is 9.65. The summed E-state index contributed by atoms with van der Waals surface area (Å²) in [7, 11) is 3.50. The van der Waals surface area contributed by atoms with E-state index in [1.807, 2.05) is 6.08 Å². The number of fused-ring (bicyclic) bond motifs is 6. The van der Waals surface area contributed by atoms with Crippen LogP contribution in [0.1, 0.15) is 55.8 Å². The zero-order valence-electron chi connectivity index (χ0n) is 22.5. The number of aromatic nitrogens is 2. The molecule has 1 aliphatic rings. The molecule has 0 bridgehead atoms.